The zero-order chi connectivity index (χ0) is 19.8. The fraction of sp³-hybridized carbons (Fsp3) is 0.364. The summed E-state index contributed by atoms with van der Waals surface area (Å²) in [4.78, 5) is 26.6. The number of likely N-dealkylation sites (tertiary alicyclic amines) is 1. The van der Waals surface area contributed by atoms with Gasteiger partial charge in [0.1, 0.15) is 5.82 Å². The molecule has 148 valence electrons. The minimum Gasteiger partial charge on any atom is -0.350 e. The molecule has 2 aromatic rings. The minimum absolute atomic E-state index is 0.0218. The maximum atomic E-state index is 13.4. The first kappa shape index (κ1) is 20.0. The van der Waals surface area contributed by atoms with Gasteiger partial charge in [0.05, 0.1) is 12.5 Å². The molecule has 2 aromatic carbocycles. The van der Waals surface area contributed by atoms with Crippen molar-refractivity contribution < 1.29 is 14.0 Å². The highest BCUT2D eigenvalue weighted by atomic mass is 19.1. The number of benzene rings is 2. The summed E-state index contributed by atoms with van der Waals surface area (Å²) in [6.45, 7) is 2.55. The lowest BCUT2D eigenvalue weighted by Gasteiger charge is -2.32. The number of nitrogens with zero attached hydrogens (tertiary/aromatic N) is 1. The Bertz CT molecular complexity index is 797. The summed E-state index contributed by atoms with van der Waals surface area (Å²) in [5, 5.41) is 5.55. The summed E-state index contributed by atoms with van der Waals surface area (Å²) >= 11 is 0. The lowest BCUT2D eigenvalue weighted by molar-refractivity contribution is -0.129. The quantitative estimate of drug-likeness (QED) is 0.772. The molecule has 1 aliphatic rings. The highest BCUT2D eigenvalue weighted by Gasteiger charge is 2.26. The molecule has 0 spiro atoms. The van der Waals surface area contributed by atoms with Crippen LogP contribution >= 0.6 is 0 Å². The van der Waals surface area contributed by atoms with Crippen LogP contribution in [0, 0.1) is 11.7 Å². The maximum Gasteiger partial charge on any atom is 0.239 e. The normalized spacial score (nSPS) is 17.1. The first-order valence-corrected chi connectivity index (χ1v) is 9.65. The summed E-state index contributed by atoms with van der Waals surface area (Å²) < 4.78 is 13.4. The Hall–Kier alpha value is -2.73. The molecule has 2 N–H and O–H groups in total. The first-order valence-electron chi connectivity index (χ1n) is 9.65. The van der Waals surface area contributed by atoms with Crippen molar-refractivity contribution in [2.45, 2.75) is 25.9 Å². The number of halogens is 1. The number of amides is 2. The molecule has 1 atom stereocenters. The van der Waals surface area contributed by atoms with Crippen molar-refractivity contribution >= 4 is 11.8 Å². The molecule has 0 radical (unpaired) electrons. The number of hydrogen-bond donors (Lipinski definition) is 2. The second kappa shape index (κ2) is 9.99. The standard InChI is InChI=1S/C22H26FN3O2/c23-20-10-4-8-18(12-20)15-26-11-5-9-19(16-26)22(28)25-14-21(27)24-13-17-6-2-1-3-7-17/h1-4,6-8,10,12,19H,5,9,11,13-16H2,(H,24,27)(H,25,28). The lowest BCUT2D eigenvalue weighted by atomic mass is 9.96. The fourth-order valence-corrected chi connectivity index (χ4v) is 3.48. The highest BCUT2D eigenvalue weighted by molar-refractivity contribution is 5.85. The molecule has 1 aliphatic heterocycles. The van der Waals surface area contributed by atoms with Gasteiger partial charge in [0.2, 0.25) is 11.8 Å². The maximum absolute atomic E-state index is 13.4. The zero-order valence-corrected chi connectivity index (χ0v) is 15.9. The van der Waals surface area contributed by atoms with Gasteiger partial charge in [-0.15, -0.1) is 0 Å². The van der Waals surface area contributed by atoms with Gasteiger partial charge in [-0.1, -0.05) is 42.5 Å². The van der Waals surface area contributed by atoms with E-state index < -0.39 is 0 Å². The molecule has 1 saturated heterocycles. The Balaban J connectivity index is 1.41. The van der Waals surface area contributed by atoms with E-state index in [2.05, 4.69) is 15.5 Å². The third kappa shape index (κ3) is 6.16. The number of carbonyl (C=O) groups is 2. The Morgan fingerprint density at radius 3 is 2.61 bits per heavy atom. The van der Waals surface area contributed by atoms with Crippen molar-refractivity contribution in [1.29, 1.82) is 0 Å². The molecule has 1 heterocycles. The molecule has 0 aliphatic carbocycles. The van der Waals surface area contributed by atoms with Gasteiger partial charge < -0.3 is 10.6 Å². The number of nitrogens with one attached hydrogen (secondary N) is 2. The van der Waals surface area contributed by atoms with Gasteiger partial charge in [0.15, 0.2) is 0 Å². The van der Waals surface area contributed by atoms with Crippen molar-refractivity contribution in [3.05, 3.63) is 71.5 Å². The van der Waals surface area contributed by atoms with E-state index in [0.29, 0.717) is 19.6 Å². The lowest BCUT2D eigenvalue weighted by Crippen LogP contribution is -2.45. The SMILES string of the molecule is O=C(CNC(=O)C1CCCN(Cc2cccc(F)c2)C1)NCc1ccccc1. The van der Waals surface area contributed by atoms with Crippen molar-refractivity contribution in [3.8, 4) is 0 Å². The van der Waals surface area contributed by atoms with Gasteiger partial charge in [0.25, 0.3) is 0 Å². The summed E-state index contributed by atoms with van der Waals surface area (Å²) in [6, 6.07) is 16.2. The van der Waals surface area contributed by atoms with Gasteiger partial charge in [-0.2, -0.15) is 0 Å². The summed E-state index contributed by atoms with van der Waals surface area (Å²) in [5.74, 6) is -0.696. The second-order valence-corrected chi connectivity index (χ2v) is 7.18. The summed E-state index contributed by atoms with van der Waals surface area (Å²) in [6.07, 6.45) is 1.71. The first-order chi connectivity index (χ1) is 13.6. The minimum atomic E-state index is -0.245. The van der Waals surface area contributed by atoms with Crippen LogP contribution in [0.1, 0.15) is 24.0 Å². The van der Waals surface area contributed by atoms with Gasteiger partial charge in [-0.3, -0.25) is 14.5 Å². The van der Waals surface area contributed by atoms with Crippen molar-refractivity contribution in [2.75, 3.05) is 19.6 Å². The van der Waals surface area contributed by atoms with Crippen LogP contribution in [0.3, 0.4) is 0 Å². The molecular weight excluding hydrogens is 357 g/mol. The third-order valence-electron chi connectivity index (χ3n) is 4.93. The fourth-order valence-electron chi connectivity index (χ4n) is 3.48. The predicted octanol–water partition coefficient (Wildman–Crippen LogP) is 2.47. The van der Waals surface area contributed by atoms with E-state index in [4.69, 9.17) is 0 Å². The van der Waals surface area contributed by atoms with Gasteiger partial charge in [0, 0.05) is 19.6 Å². The average molecular weight is 383 g/mol. The van der Waals surface area contributed by atoms with Crippen LogP contribution < -0.4 is 10.6 Å². The van der Waals surface area contributed by atoms with E-state index in [-0.39, 0.29) is 30.1 Å². The molecule has 6 heteroatoms. The van der Waals surface area contributed by atoms with E-state index in [0.717, 1.165) is 30.5 Å². The van der Waals surface area contributed by atoms with Crippen molar-refractivity contribution in [3.63, 3.8) is 0 Å². The summed E-state index contributed by atoms with van der Waals surface area (Å²) in [7, 11) is 0. The Morgan fingerprint density at radius 1 is 1.04 bits per heavy atom. The molecule has 5 nitrogen and oxygen atoms in total. The number of rotatable bonds is 7. The third-order valence-corrected chi connectivity index (χ3v) is 4.93. The van der Waals surface area contributed by atoms with E-state index in [9.17, 15) is 14.0 Å². The molecular formula is C22H26FN3O2. The van der Waals surface area contributed by atoms with E-state index in [1.165, 1.54) is 12.1 Å². The van der Waals surface area contributed by atoms with Gasteiger partial charge in [-0.25, -0.2) is 4.39 Å². The molecule has 0 saturated carbocycles. The number of hydrogen-bond acceptors (Lipinski definition) is 3. The molecule has 1 unspecified atom stereocenters. The Morgan fingerprint density at radius 2 is 1.82 bits per heavy atom. The second-order valence-electron chi connectivity index (χ2n) is 7.18. The number of carbonyl (C=O) groups excluding carboxylic acids is 2. The Kier molecular flexibility index (Phi) is 7.14. The van der Waals surface area contributed by atoms with Crippen LogP contribution in [0.2, 0.25) is 0 Å². The van der Waals surface area contributed by atoms with Gasteiger partial charge >= 0.3 is 0 Å². The van der Waals surface area contributed by atoms with Gasteiger partial charge in [-0.05, 0) is 42.6 Å². The van der Waals surface area contributed by atoms with Crippen LogP contribution in [0.25, 0.3) is 0 Å². The van der Waals surface area contributed by atoms with Crippen LogP contribution in [0.5, 0.6) is 0 Å². The highest BCUT2D eigenvalue weighted by Crippen LogP contribution is 2.19. The van der Waals surface area contributed by atoms with Crippen molar-refractivity contribution in [1.82, 2.24) is 15.5 Å². The van der Waals surface area contributed by atoms with E-state index in [1.807, 2.05) is 36.4 Å². The largest absolute Gasteiger partial charge is 0.350 e. The average Bonchev–Trinajstić information content (AvgIpc) is 2.71. The predicted molar refractivity (Wildman–Crippen MR) is 106 cm³/mol. The molecule has 0 bridgehead atoms. The molecule has 0 aromatic heterocycles. The van der Waals surface area contributed by atoms with Crippen LogP contribution in [-0.4, -0.2) is 36.3 Å². The Labute approximate surface area is 164 Å². The molecule has 28 heavy (non-hydrogen) atoms. The van der Waals surface area contributed by atoms with E-state index >= 15 is 0 Å². The van der Waals surface area contributed by atoms with E-state index in [1.54, 1.807) is 6.07 Å². The van der Waals surface area contributed by atoms with Crippen LogP contribution in [0.4, 0.5) is 4.39 Å². The molecule has 1 fully saturated rings. The monoisotopic (exact) mass is 383 g/mol. The smallest absolute Gasteiger partial charge is 0.239 e. The zero-order valence-electron chi connectivity index (χ0n) is 15.9. The van der Waals surface area contributed by atoms with Crippen molar-refractivity contribution in [2.24, 2.45) is 5.92 Å². The molecule has 2 amide bonds. The number of piperidine rings is 1. The topological polar surface area (TPSA) is 61.4 Å². The van der Waals surface area contributed by atoms with Crippen LogP contribution in [0.15, 0.2) is 54.6 Å². The molecule has 3 rings (SSSR count). The summed E-state index contributed by atoms with van der Waals surface area (Å²) in [5.41, 5.74) is 1.92. The van der Waals surface area contributed by atoms with Crippen LogP contribution in [-0.2, 0) is 22.7 Å².